The highest BCUT2D eigenvalue weighted by Gasteiger charge is 2.35. The molecule has 0 aromatic rings. The second-order valence-electron chi connectivity index (χ2n) is 4.10. The standard InChI is InChI=1S/C12H20N2O3/c1-5-7-14(8-10(15)17-4)11(16)12(3,6-2)9-13/h5-8H2,1-4H3. The van der Waals surface area contributed by atoms with Crippen LogP contribution in [0.15, 0.2) is 0 Å². The zero-order chi connectivity index (χ0) is 13.5. The van der Waals surface area contributed by atoms with Crippen LogP contribution in [0.3, 0.4) is 0 Å². The van der Waals surface area contributed by atoms with E-state index in [-0.39, 0.29) is 12.5 Å². The van der Waals surface area contributed by atoms with E-state index in [0.717, 1.165) is 6.42 Å². The fraction of sp³-hybridized carbons (Fsp3) is 0.750. The summed E-state index contributed by atoms with van der Waals surface area (Å²) in [5.41, 5.74) is -1.07. The molecular formula is C12H20N2O3. The van der Waals surface area contributed by atoms with Gasteiger partial charge in [-0.2, -0.15) is 5.26 Å². The summed E-state index contributed by atoms with van der Waals surface area (Å²) in [5, 5.41) is 9.05. The predicted octanol–water partition coefficient (Wildman–Crippen LogP) is 1.34. The third-order valence-electron chi connectivity index (χ3n) is 2.75. The van der Waals surface area contributed by atoms with Crippen LogP contribution in [0.1, 0.15) is 33.6 Å². The van der Waals surface area contributed by atoms with Gasteiger partial charge in [0.15, 0.2) is 0 Å². The van der Waals surface area contributed by atoms with Gasteiger partial charge in [-0.3, -0.25) is 9.59 Å². The van der Waals surface area contributed by atoms with E-state index in [2.05, 4.69) is 4.74 Å². The van der Waals surface area contributed by atoms with Gasteiger partial charge in [-0.05, 0) is 19.8 Å². The van der Waals surface area contributed by atoms with E-state index < -0.39 is 11.4 Å². The number of ether oxygens (including phenoxy) is 1. The van der Waals surface area contributed by atoms with Crippen molar-refractivity contribution in [3.63, 3.8) is 0 Å². The summed E-state index contributed by atoms with van der Waals surface area (Å²) in [7, 11) is 1.28. The van der Waals surface area contributed by atoms with Crippen molar-refractivity contribution in [3.05, 3.63) is 0 Å². The highest BCUT2D eigenvalue weighted by molar-refractivity contribution is 5.88. The number of hydrogen-bond donors (Lipinski definition) is 0. The Morgan fingerprint density at radius 2 is 2.00 bits per heavy atom. The number of nitrogens with zero attached hydrogens (tertiary/aromatic N) is 2. The molecule has 0 rings (SSSR count). The number of rotatable bonds is 6. The van der Waals surface area contributed by atoms with Crippen LogP contribution in [0.2, 0.25) is 0 Å². The van der Waals surface area contributed by atoms with Crippen LogP contribution in [-0.4, -0.2) is 37.0 Å². The largest absolute Gasteiger partial charge is 0.468 e. The van der Waals surface area contributed by atoms with E-state index in [1.165, 1.54) is 12.0 Å². The molecule has 1 amide bonds. The van der Waals surface area contributed by atoms with Crippen molar-refractivity contribution in [3.8, 4) is 6.07 Å². The fourth-order valence-corrected chi connectivity index (χ4v) is 1.37. The third kappa shape index (κ3) is 4.06. The average molecular weight is 240 g/mol. The van der Waals surface area contributed by atoms with Crippen molar-refractivity contribution >= 4 is 11.9 Å². The maximum Gasteiger partial charge on any atom is 0.325 e. The van der Waals surface area contributed by atoms with Gasteiger partial charge in [0, 0.05) is 6.54 Å². The highest BCUT2D eigenvalue weighted by Crippen LogP contribution is 2.23. The van der Waals surface area contributed by atoms with Crippen LogP contribution < -0.4 is 0 Å². The molecule has 96 valence electrons. The first-order chi connectivity index (χ1) is 7.95. The van der Waals surface area contributed by atoms with Crippen molar-refractivity contribution in [1.82, 2.24) is 4.90 Å². The zero-order valence-corrected chi connectivity index (χ0v) is 10.9. The topological polar surface area (TPSA) is 70.4 Å². The normalized spacial score (nSPS) is 13.4. The van der Waals surface area contributed by atoms with Crippen LogP contribution in [0.25, 0.3) is 0 Å². The maximum absolute atomic E-state index is 12.2. The molecule has 0 saturated carbocycles. The SMILES string of the molecule is CCCN(CC(=O)OC)C(=O)C(C)(C#N)CC. The molecule has 0 aliphatic carbocycles. The Kier molecular flexibility index (Phi) is 6.26. The number of amides is 1. The summed E-state index contributed by atoms with van der Waals surface area (Å²) in [5.74, 6) is -0.780. The average Bonchev–Trinajstić information content (AvgIpc) is 2.36. The van der Waals surface area contributed by atoms with Gasteiger partial charge in [0.2, 0.25) is 5.91 Å². The maximum atomic E-state index is 12.2. The van der Waals surface area contributed by atoms with Gasteiger partial charge in [-0.25, -0.2) is 0 Å². The molecule has 17 heavy (non-hydrogen) atoms. The number of carbonyl (C=O) groups excluding carboxylic acids is 2. The third-order valence-corrected chi connectivity index (χ3v) is 2.75. The molecule has 0 aromatic heterocycles. The van der Waals surface area contributed by atoms with Crippen molar-refractivity contribution < 1.29 is 14.3 Å². The van der Waals surface area contributed by atoms with Crippen LogP contribution in [0.4, 0.5) is 0 Å². The van der Waals surface area contributed by atoms with Gasteiger partial charge in [0.05, 0.1) is 13.2 Å². The lowest BCUT2D eigenvalue weighted by Gasteiger charge is -2.28. The number of hydrogen-bond acceptors (Lipinski definition) is 4. The van der Waals surface area contributed by atoms with E-state index >= 15 is 0 Å². The molecule has 0 fully saturated rings. The van der Waals surface area contributed by atoms with E-state index in [0.29, 0.717) is 13.0 Å². The molecule has 5 heteroatoms. The van der Waals surface area contributed by atoms with Crippen LogP contribution in [0.5, 0.6) is 0 Å². The molecule has 0 N–H and O–H groups in total. The second kappa shape index (κ2) is 6.89. The Balaban J connectivity index is 4.88. The van der Waals surface area contributed by atoms with Crippen LogP contribution in [0, 0.1) is 16.7 Å². The Bertz CT molecular complexity index is 322. The van der Waals surface area contributed by atoms with Gasteiger partial charge >= 0.3 is 5.97 Å². The van der Waals surface area contributed by atoms with E-state index in [1.807, 2.05) is 13.0 Å². The van der Waals surface area contributed by atoms with Gasteiger partial charge in [-0.1, -0.05) is 13.8 Å². The minimum atomic E-state index is -1.07. The minimum Gasteiger partial charge on any atom is -0.468 e. The van der Waals surface area contributed by atoms with Gasteiger partial charge in [-0.15, -0.1) is 0 Å². The Morgan fingerprint density at radius 3 is 2.35 bits per heavy atom. The predicted molar refractivity (Wildman–Crippen MR) is 62.9 cm³/mol. The summed E-state index contributed by atoms with van der Waals surface area (Å²) in [6.07, 6.45) is 1.15. The molecule has 0 bridgehead atoms. The number of esters is 1. The minimum absolute atomic E-state index is 0.0968. The molecule has 0 aliphatic heterocycles. The quantitative estimate of drug-likeness (QED) is 0.657. The lowest BCUT2D eigenvalue weighted by Crippen LogP contribution is -2.44. The molecular weight excluding hydrogens is 220 g/mol. The lowest BCUT2D eigenvalue weighted by molar-refractivity contribution is -0.149. The lowest BCUT2D eigenvalue weighted by atomic mass is 9.87. The van der Waals surface area contributed by atoms with Gasteiger partial charge in [0.25, 0.3) is 0 Å². The molecule has 1 unspecified atom stereocenters. The first-order valence-corrected chi connectivity index (χ1v) is 5.72. The molecule has 0 radical (unpaired) electrons. The highest BCUT2D eigenvalue weighted by atomic mass is 16.5. The summed E-state index contributed by atoms with van der Waals surface area (Å²) in [6, 6.07) is 2.01. The summed E-state index contributed by atoms with van der Waals surface area (Å²) in [4.78, 5) is 24.8. The van der Waals surface area contributed by atoms with Crippen molar-refractivity contribution in [1.29, 1.82) is 5.26 Å². The molecule has 0 spiro atoms. The molecule has 0 aliphatic rings. The van der Waals surface area contributed by atoms with Gasteiger partial charge in [0.1, 0.15) is 12.0 Å². The first kappa shape index (κ1) is 15.4. The first-order valence-electron chi connectivity index (χ1n) is 5.72. The zero-order valence-electron chi connectivity index (χ0n) is 10.9. The summed E-state index contributed by atoms with van der Waals surface area (Å²) < 4.78 is 4.54. The Labute approximate surface area is 102 Å². The molecule has 0 saturated heterocycles. The van der Waals surface area contributed by atoms with Crippen LogP contribution >= 0.6 is 0 Å². The number of methoxy groups -OCH3 is 1. The van der Waals surface area contributed by atoms with E-state index in [9.17, 15) is 9.59 Å². The van der Waals surface area contributed by atoms with Crippen molar-refractivity contribution in [2.75, 3.05) is 20.2 Å². The molecule has 5 nitrogen and oxygen atoms in total. The van der Waals surface area contributed by atoms with Crippen LogP contribution in [-0.2, 0) is 14.3 Å². The van der Waals surface area contributed by atoms with Crippen molar-refractivity contribution in [2.45, 2.75) is 33.6 Å². The van der Waals surface area contributed by atoms with Crippen molar-refractivity contribution in [2.24, 2.45) is 5.41 Å². The fourth-order valence-electron chi connectivity index (χ4n) is 1.37. The summed E-state index contributed by atoms with van der Waals surface area (Å²) >= 11 is 0. The molecule has 1 atom stereocenters. The Morgan fingerprint density at radius 1 is 1.41 bits per heavy atom. The molecule has 0 aromatic carbocycles. The second-order valence-corrected chi connectivity index (χ2v) is 4.10. The Hall–Kier alpha value is -1.57. The number of carbonyl (C=O) groups is 2. The van der Waals surface area contributed by atoms with E-state index in [4.69, 9.17) is 5.26 Å². The number of nitriles is 1. The monoisotopic (exact) mass is 240 g/mol. The van der Waals surface area contributed by atoms with E-state index in [1.54, 1.807) is 13.8 Å². The molecule has 0 heterocycles. The smallest absolute Gasteiger partial charge is 0.325 e. The van der Waals surface area contributed by atoms with Gasteiger partial charge < -0.3 is 9.64 Å². The summed E-state index contributed by atoms with van der Waals surface area (Å²) in [6.45, 7) is 5.64.